The van der Waals surface area contributed by atoms with Crippen molar-refractivity contribution in [3.63, 3.8) is 0 Å². The van der Waals surface area contributed by atoms with E-state index in [9.17, 15) is 9.59 Å². The predicted molar refractivity (Wildman–Crippen MR) is 83.7 cm³/mol. The van der Waals surface area contributed by atoms with Crippen molar-refractivity contribution in [2.75, 3.05) is 17.3 Å². The summed E-state index contributed by atoms with van der Waals surface area (Å²) in [4.78, 5) is 25.4. The second-order valence-electron chi connectivity index (χ2n) is 5.47. The highest BCUT2D eigenvalue weighted by Crippen LogP contribution is 2.29. The monoisotopic (exact) mass is 298 g/mol. The van der Waals surface area contributed by atoms with Crippen LogP contribution in [0.25, 0.3) is 0 Å². The maximum atomic E-state index is 12.1. The van der Waals surface area contributed by atoms with E-state index in [4.69, 9.17) is 0 Å². The van der Waals surface area contributed by atoms with Crippen LogP contribution in [0.2, 0.25) is 0 Å². The van der Waals surface area contributed by atoms with E-state index >= 15 is 0 Å². The topological polar surface area (TPSA) is 67.2 Å². The molecule has 3 rings (SSSR count). The first kappa shape index (κ1) is 14.3. The molecular formula is C16H18N4O2. The number of nitrogens with zero attached hydrogens (tertiary/aromatic N) is 3. The molecule has 1 aromatic carbocycles. The number of hydrogen-bond acceptors (Lipinski definition) is 3. The third kappa shape index (κ3) is 2.72. The van der Waals surface area contributed by atoms with Crippen molar-refractivity contribution < 1.29 is 9.59 Å². The molecule has 1 aliphatic rings. The molecule has 114 valence electrons. The van der Waals surface area contributed by atoms with Gasteiger partial charge in [0.25, 0.3) is 0 Å². The highest BCUT2D eigenvalue weighted by Gasteiger charge is 2.21. The number of benzene rings is 1. The standard InChI is InChI=1S/C16H18N4O2/c1-19-14-5-4-12(9-11(14)3-6-16(19)22)18-15(21)10-13-7-8-17-20(13)2/h4-5,7-9H,3,6,10H2,1-2H3,(H,18,21). The lowest BCUT2D eigenvalue weighted by atomic mass is 10.0. The third-order valence-corrected chi connectivity index (χ3v) is 3.97. The van der Waals surface area contributed by atoms with Crippen LogP contribution in [0.4, 0.5) is 11.4 Å². The molecule has 0 saturated heterocycles. The Balaban J connectivity index is 1.72. The first-order valence-electron chi connectivity index (χ1n) is 7.21. The van der Waals surface area contributed by atoms with Gasteiger partial charge in [-0.3, -0.25) is 14.3 Å². The van der Waals surface area contributed by atoms with Crippen molar-refractivity contribution >= 4 is 23.2 Å². The number of amides is 2. The third-order valence-electron chi connectivity index (χ3n) is 3.97. The Hall–Kier alpha value is -2.63. The Kier molecular flexibility index (Phi) is 3.66. The molecule has 6 heteroatoms. The average molecular weight is 298 g/mol. The molecule has 0 saturated carbocycles. The first-order valence-corrected chi connectivity index (χ1v) is 7.21. The van der Waals surface area contributed by atoms with Gasteiger partial charge in [0.1, 0.15) is 0 Å². The smallest absolute Gasteiger partial charge is 0.230 e. The van der Waals surface area contributed by atoms with Gasteiger partial charge in [-0.05, 0) is 36.2 Å². The van der Waals surface area contributed by atoms with E-state index in [-0.39, 0.29) is 18.2 Å². The molecule has 0 aliphatic carbocycles. The fraction of sp³-hybridized carbons (Fsp3) is 0.312. The lowest BCUT2D eigenvalue weighted by molar-refractivity contribution is -0.118. The van der Waals surface area contributed by atoms with E-state index in [2.05, 4.69) is 10.4 Å². The molecular weight excluding hydrogens is 280 g/mol. The SMILES string of the molecule is CN1C(=O)CCc2cc(NC(=O)Cc3ccnn3C)ccc21. The summed E-state index contributed by atoms with van der Waals surface area (Å²) in [5, 5.41) is 6.95. The van der Waals surface area contributed by atoms with Gasteiger partial charge in [0.15, 0.2) is 0 Å². The van der Waals surface area contributed by atoms with Gasteiger partial charge in [0.05, 0.1) is 6.42 Å². The van der Waals surface area contributed by atoms with Gasteiger partial charge in [-0.2, -0.15) is 5.10 Å². The number of carbonyl (C=O) groups is 2. The molecule has 1 aliphatic heterocycles. The number of nitrogens with one attached hydrogen (secondary N) is 1. The van der Waals surface area contributed by atoms with Crippen LogP contribution >= 0.6 is 0 Å². The lowest BCUT2D eigenvalue weighted by Crippen LogP contribution is -2.31. The van der Waals surface area contributed by atoms with Gasteiger partial charge < -0.3 is 10.2 Å². The minimum absolute atomic E-state index is 0.0798. The minimum Gasteiger partial charge on any atom is -0.326 e. The summed E-state index contributed by atoms with van der Waals surface area (Å²) in [5.41, 5.74) is 3.62. The number of aromatic nitrogens is 2. The molecule has 6 nitrogen and oxygen atoms in total. The Morgan fingerprint density at radius 1 is 1.27 bits per heavy atom. The van der Waals surface area contributed by atoms with Crippen molar-refractivity contribution in [1.29, 1.82) is 0 Å². The lowest BCUT2D eigenvalue weighted by Gasteiger charge is -2.26. The zero-order valence-corrected chi connectivity index (χ0v) is 12.7. The fourth-order valence-corrected chi connectivity index (χ4v) is 2.68. The molecule has 0 spiro atoms. The van der Waals surface area contributed by atoms with Gasteiger partial charge in [0, 0.05) is 43.8 Å². The molecule has 1 aromatic heterocycles. The number of hydrogen-bond donors (Lipinski definition) is 1. The molecule has 2 heterocycles. The van der Waals surface area contributed by atoms with Gasteiger partial charge >= 0.3 is 0 Å². The summed E-state index contributed by atoms with van der Waals surface area (Å²) in [7, 11) is 3.59. The summed E-state index contributed by atoms with van der Waals surface area (Å²) in [5.74, 6) is 0.0456. The summed E-state index contributed by atoms with van der Waals surface area (Å²) < 4.78 is 1.69. The van der Waals surface area contributed by atoms with Crippen molar-refractivity contribution in [3.05, 3.63) is 41.7 Å². The second kappa shape index (κ2) is 5.63. The van der Waals surface area contributed by atoms with Gasteiger partial charge in [0.2, 0.25) is 11.8 Å². The maximum Gasteiger partial charge on any atom is 0.230 e. The van der Waals surface area contributed by atoms with E-state index in [0.29, 0.717) is 12.8 Å². The fourth-order valence-electron chi connectivity index (χ4n) is 2.68. The number of carbonyl (C=O) groups excluding carboxylic acids is 2. The zero-order chi connectivity index (χ0) is 15.7. The highest BCUT2D eigenvalue weighted by molar-refractivity contribution is 5.97. The molecule has 22 heavy (non-hydrogen) atoms. The highest BCUT2D eigenvalue weighted by atomic mass is 16.2. The number of anilines is 2. The summed E-state index contributed by atoms with van der Waals surface area (Å²) in [6, 6.07) is 7.48. The van der Waals surface area contributed by atoms with Crippen LogP contribution in [0.1, 0.15) is 17.7 Å². The van der Waals surface area contributed by atoms with Crippen LogP contribution < -0.4 is 10.2 Å². The molecule has 2 amide bonds. The summed E-state index contributed by atoms with van der Waals surface area (Å²) >= 11 is 0. The second-order valence-corrected chi connectivity index (χ2v) is 5.47. The summed E-state index contributed by atoms with van der Waals surface area (Å²) in [6.07, 6.45) is 3.18. The largest absolute Gasteiger partial charge is 0.326 e. The van der Waals surface area contributed by atoms with Crippen LogP contribution in [0.15, 0.2) is 30.5 Å². The zero-order valence-electron chi connectivity index (χ0n) is 12.7. The molecule has 0 fully saturated rings. The van der Waals surface area contributed by atoms with Gasteiger partial charge in [-0.15, -0.1) is 0 Å². The molecule has 2 aromatic rings. The Morgan fingerprint density at radius 3 is 2.82 bits per heavy atom. The van der Waals surface area contributed by atoms with Crippen molar-refractivity contribution in [2.45, 2.75) is 19.3 Å². The van der Waals surface area contributed by atoms with Gasteiger partial charge in [-0.25, -0.2) is 0 Å². The van der Waals surface area contributed by atoms with E-state index in [1.807, 2.05) is 31.3 Å². The molecule has 1 N–H and O–H groups in total. The molecule has 0 unspecified atom stereocenters. The van der Waals surface area contributed by atoms with Crippen molar-refractivity contribution in [3.8, 4) is 0 Å². The number of aryl methyl sites for hydroxylation is 2. The van der Waals surface area contributed by atoms with E-state index in [1.54, 1.807) is 22.8 Å². The molecule has 0 bridgehead atoms. The first-order chi connectivity index (χ1) is 10.5. The van der Waals surface area contributed by atoms with Crippen LogP contribution in [-0.2, 0) is 29.5 Å². The number of rotatable bonds is 3. The Bertz CT molecular complexity index is 735. The molecule has 0 atom stereocenters. The van der Waals surface area contributed by atoms with Crippen LogP contribution in [0, 0.1) is 0 Å². The normalized spacial score (nSPS) is 13.9. The Labute approximate surface area is 128 Å². The van der Waals surface area contributed by atoms with Crippen LogP contribution in [0.5, 0.6) is 0 Å². The minimum atomic E-state index is -0.0798. The number of fused-ring (bicyclic) bond motifs is 1. The Morgan fingerprint density at radius 2 is 2.09 bits per heavy atom. The van der Waals surface area contributed by atoms with E-state index in [0.717, 1.165) is 22.6 Å². The molecule has 0 radical (unpaired) electrons. The summed E-state index contributed by atoms with van der Waals surface area (Å²) in [6.45, 7) is 0. The quantitative estimate of drug-likeness (QED) is 0.934. The predicted octanol–water partition coefficient (Wildman–Crippen LogP) is 1.51. The maximum absolute atomic E-state index is 12.1. The van der Waals surface area contributed by atoms with Crippen LogP contribution in [-0.4, -0.2) is 28.6 Å². The van der Waals surface area contributed by atoms with Crippen molar-refractivity contribution in [1.82, 2.24) is 9.78 Å². The van der Waals surface area contributed by atoms with E-state index in [1.165, 1.54) is 0 Å². The van der Waals surface area contributed by atoms with Crippen LogP contribution in [0.3, 0.4) is 0 Å². The van der Waals surface area contributed by atoms with Crippen molar-refractivity contribution in [2.24, 2.45) is 7.05 Å². The average Bonchev–Trinajstić information content (AvgIpc) is 2.88. The van der Waals surface area contributed by atoms with E-state index < -0.39 is 0 Å². The van der Waals surface area contributed by atoms with Gasteiger partial charge in [-0.1, -0.05) is 0 Å².